The van der Waals surface area contributed by atoms with Crippen LogP contribution in [0.4, 0.5) is 0 Å². The Labute approximate surface area is 129 Å². The highest BCUT2D eigenvalue weighted by Crippen LogP contribution is 2.02. The monoisotopic (exact) mass is 298 g/mol. The van der Waals surface area contributed by atoms with Crippen molar-refractivity contribution in [2.45, 2.75) is 26.4 Å². The second-order valence-electron chi connectivity index (χ2n) is 5.07. The van der Waals surface area contributed by atoms with E-state index in [2.05, 4.69) is 20.6 Å². The highest BCUT2D eigenvalue weighted by atomic mass is 16.2. The summed E-state index contributed by atoms with van der Waals surface area (Å²) in [4.78, 5) is 32.0. The van der Waals surface area contributed by atoms with Gasteiger partial charge in [-0.3, -0.25) is 14.6 Å². The van der Waals surface area contributed by atoms with E-state index in [1.54, 1.807) is 30.6 Å². The van der Waals surface area contributed by atoms with Crippen LogP contribution in [0, 0.1) is 0 Å². The Kier molecular flexibility index (Phi) is 5.19. The molecule has 2 N–H and O–H groups in total. The third-order valence-corrected chi connectivity index (χ3v) is 2.84. The molecule has 0 radical (unpaired) electrons. The lowest BCUT2D eigenvalue weighted by Gasteiger charge is -2.09. The normalized spacial score (nSPS) is 10.3. The number of hydrogen-bond donors (Lipinski definition) is 2. The van der Waals surface area contributed by atoms with Gasteiger partial charge < -0.3 is 10.6 Å². The lowest BCUT2D eigenvalue weighted by molar-refractivity contribution is 0.0936. The molecule has 0 aliphatic heterocycles. The molecule has 0 aliphatic carbocycles. The van der Waals surface area contributed by atoms with Crippen LogP contribution in [-0.4, -0.2) is 27.8 Å². The molecule has 6 nitrogen and oxygen atoms in total. The van der Waals surface area contributed by atoms with Crippen molar-refractivity contribution in [3.63, 3.8) is 0 Å². The van der Waals surface area contributed by atoms with Crippen LogP contribution >= 0.6 is 0 Å². The molecule has 2 amide bonds. The van der Waals surface area contributed by atoms with E-state index in [0.717, 1.165) is 5.56 Å². The standard InChI is InChI=1S/C16H18N4O2/c1-11(2)19-16(22)14-5-3-4-13(20-14)15(21)18-10-12-6-8-17-9-7-12/h3-9,11H,10H2,1-2H3,(H,18,21)(H,19,22). The Hall–Kier alpha value is -2.76. The van der Waals surface area contributed by atoms with Gasteiger partial charge in [0.15, 0.2) is 0 Å². The smallest absolute Gasteiger partial charge is 0.270 e. The molecule has 2 aromatic heterocycles. The molecule has 6 heteroatoms. The van der Waals surface area contributed by atoms with Crippen molar-refractivity contribution >= 4 is 11.8 Å². The van der Waals surface area contributed by atoms with E-state index in [0.29, 0.717) is 6.54 Å². The molecule has 0 spiro atoms. The van der Waals surface area contributed by atoms with Crippen molar-refractivity contribution in [2.24, 2.45) is 0 Å². The molecule has 0 fully saturated rings. The van der Waals surface area contributed by atoms with E-state index < -0.39 is 0 Å². The number of carbonyl (C=O) groups excluding carboxylic acids is 2. The van der Waals surface area contributed by atoms with Gasteiger partial charge in [-0.25, -0.2) is 4.98 Å². The molecule has 2 heterocycles. The molecule has 0 unspecified atom stereocenters. The fourth-order valence-electron chi connectivity index (χ4n) is 1.80. The second kappa shape index (κ2) is 7.31. The van der Waals surface area contributed by atoms with Crippen molar-refractivity contribution in [3.8, 4) is 0 Å². The van der Waals surface area contributed by atoms with Gasteiger partial charge in [0.25, 0.3) is 11.8 Å². The first kappa shape index (κ1) is 15.6. The molecule has 0 bridgehead atoms. The molecule has 22 heavy (non-hydrogen) atoms. The van der Waals surface area contributed by atoms with Crippen LogP contribution < -0.4 is 10.6 Å². The molecule has 114 valence electrons. The quantitative estimate of drug-likeness (QED) is 0.877. The Morgan fingerprint density at radius 2 is 1.68 bits per heavy atom. The van der Waals surface area contributed by atoms with Crippen LogP contribution in [-0.2, 0) is 6.54 Å². The van der Waals surface area contributed by atoms with Crippen LogP contribution in [0.5, 0.6) is 0 Å². The lowest BCUT2D eigenvalue weighted by atomic mass is 10.2. The summed E-state index contributed by atoms with van der Waals surface area (Å²) in [5.74, 6) is -0.616. The summed E-state index contributed by atoms with van der Waals surface area (Å²) in [6.07, 6.45) is 3.33. The number of carbonyl (C=O) groups is 2. The van der Waals surface area contributed by atoms with E-state index in [1.165, 1.54) is 0 Å². The van der Waals surface area contributed by atoms with Crippen molar-refractivity contribution < 1.29 is 9.59 Å². The van der Waals surface area contributed by atoms with Gasteiger partial charge in [-0.1, -0.05) is 6.07 Å². The van der Waals surface area contributed by atoms with Gasteiger partial charge in [-0.15, -0.1) is 0 Å². The topological polar surface area (TPSA) is 84.0 Å². The van der Waals surface area contributed by atoms with Gasteiger partial charge in [-0.2, -0.15) is 0 Å². The van der Waals surface area contributed by atoms with Crippen LogP contribution in [0.25, 0.3) is 0 Å². The van der Waals surface area contributed by atoms with Gasteiger partial charge in [0.2, 0.25) is 0 Å². The van der Waals surface area contributed by atoms with Gasteiger partial charge in [0, 0.05) is 25.0 Å². The summed E-state index contributed by atoms with van der Waals surface area (Å²) in [6, 6.07) is 8.45. The first-order valence-corrected chi connectivity index (χ1v) is 7.01. The summed E-state index contributed by atoms with van der Waals surface area (Å²) in [5.41, 5.74) is 1.38. The fourth-order valence-corrected chi connectivity index (χ4v) is 1.80. The van der Waals surface area contributed by atoms with Crippen LogP contribution in [0.3, 0.4) is 0 Å². The maximum absolute atomic E-state index is 12.1. The van der Waals surface area contributed by atoms with Gasteiger partial charge >= 0.3 is 0 Å². The maximum Gasteiger partial charge on any atom is 0.270 e. The van der Waals surface area contributed by atoms with E-state index in [-0.39, 0.29) is 29.2 Å². The molecular weight excluding hydrogens is 280 g/mol. The predicted octanol–water partition coefficient (Wildman–Crippen LogP) is 1.54. The van der Waals surface area contributed by atoms with Crippen LogP contribution in [0.15, 0.2) is 42.7 Å². The van der Waals surface area contributed by atoms with Gasteiger partial charge in [0.1, 0.15) is 11.4 Å². The third-order valence-electron chi connectivity index (χ3n) is 2.84. The minimum atomic E-state index is -0.323. The van der Waals surface area contributed by atoms with Gasteiger partial charge in [0.05, 0.1) is 0 Å². The zero-order valence-corrected chi connectivity index (χ0v) is 12.5. The second-order valence-corrected chi connectivity index (χ2v) is 5.07. The third kappa shape index (κ3) is 4.37. The molecule has 0 saturated heterocycles. The zero-order valence-electron chi connectivity index (χ0n) is 12.5. The minimum Gasteiger partial charge on any atom is -0.349 e. The average molecular weight is 298 g/mol. The summed E-state index contributed by atoms with van der Waals surface area (Å²) in [6.45, 7) is 4.11. The number of hydrogen-bond acceptors (Lipinski definition) is 4. The summed E-state index contributed by atoms with van der Waals surface area (Å²) >= 11 is 0. The fraction of sp³-hybridized carbons (Fsp3) is 0.250. The number of amides is 2. The molecule has 0 atom stereocenters. The Morgan fingerprint density at radius 1 is 1.05 bits per heavy atom. The summed E-state index contributed by atoms with van der Waals surface area (Å²) in [7, 11) is 0. The minimum absolute atomic E-state index is 0.0125. The molecule has 0 aliphatic rings. The number of pyridine rings is 2. The van der Waals surface area contributed by atoms with E-state index in [1.807, 2.05) is 26.0 Å². The van der Waals surface area contributed by atoms with Crippen LogP contribution in [0.2, 0.25) is 0 Å². The molecule has 2 aromatic rings. The Balaban J connectivity index is 2.02. The number of aromatic nitrogens is 2. The Morgan fingerprint density at radius 3 is 2.32 bits per heavy atom. The molecule has 2 rings (SSSR count). The maximum atomic E-state index is 12.1. The number of nitrogens with zero attached hydrogens (tertiary/aromatic N) is 2. The molecule has 0 aromatic carbocycles. The first-order chi connectivity index (χ1) is 10.6. The lowest BCUT2D eigenvalue weighted by Crippen LogP contribution is -2.31. The van der Waals surface area contributed by atoms with E-state index in [4.69, 9.17) is 0 Å². The van der Waals surface area contributed by atoms with Crippen molar-refractivity contribution in [1.29, 1.82) is 0 Å². The van der Waals surface area contributed by atoms with Crippen molar-refractivity contribution in [1.82, 2.24) is 20.6 Å². The Bertz CT molecular complexity index is 656. The summed E-state index contributed by atoms with van der Waals surface area (Å²) < 4.78 is 0. The van der Waals surface area contributed by atoms with Crippen molar-refractivity contribution in [3.05, 3.63) is 59.7 Å². The number of nitrogens with one attached hydrogen (secondary N) is 2. The number of rotatable bonds is 5. The first-order valence-electron chi connectivity index (χ1n) is 7.01. The average Bonchev–Trinajstić information content (AvgIpc) is 2.53. The van der Waals surface area contributed by atoms with E-state index >= 15 is 0 Å². The SMILES string of the molecule is CC(C)NC(=O)c1cccc(C(=O)NCc2ccncc2)n1. The van der Waals surface area contributed by atoms with Crippen molar-refractivity contribution in [2.75, 3.05) is 0 Å². The summed E-state index contributed by atoms with van der Waals surface area (Å²) in [5, 5.41) is 5.50. The predicted molar refractivity (Wildman–Crippen MR) is 82.2 cm³/mol. The highest BCUT2D eigenvalue weighted by Gasteiger charge is 2.12. The largest absolute Gasteiger partial charge is 0.349 e. The van der Waals surface area contributed by atoms with E-state index in [9.17, 15) is 9.59 Å². The van der Waals surface area contributed by atoms with Crippen LogP contribution in [0.1, 0.15) is 40.4 Å². The zero-order chi connectivity index (χ0) is 15.9. The molecule has 0 saturated carbocycles. The molecular formula is C16H18N4O2. The van der Waals surface area contributed by atoms with Gasteiger partial charge in [-0.05, 0) is 43.7 Å². The highest BCUT2D eigenvalue weighted by molar-refractivity contribution is 5.96.